The number of alkyl halides is 1. The third kappa shape index (κ3) is 3.75. The first-order valence-electron chi connectivity index (χ1n) is 4.93. The first-order chi connectivity index (χ1) is 7.13. The van der Waals surface area contributed by atoms with E-state index in [9.17, 15) is 9.50 Å². The van der Waals surface area contributed by atoms with E-state index in [1.807, 2.05) is 6.92 Å². The Bertz CT molecular complexity index is 317. The number of aromatic hydroxyl groups is 2. The minimum absolute atomic E-state index is 0.120. The van der Waals surface area contributed by atoms with E-state index in [-0.39, 0.29) is 24.2 Å². The van der Waals surface area contributed by atoms with Gasteiger partial charge in [-0.2, -0.15) is 0 Å². The van der Waals surface area contributed by atoms with Gasteiger partial charge in [0.05, 0.1) is 0 Å². The van der Waals surface area contributed by atoms with Crippen LogP contribution < -0.4 is 5.32 Å². The SMILES string of the molecule is CC(Cc1ccc(O)c(O)c1)NCCF. The second-order valence-corrected chi connectivity index (χ2v) is 3.57. The average Bonchev–Trinajstić information content (AvgIpc) is 2.20. The summed E-state index contributed by atoms with van der Waals surface area (Å²) in [6.07, 6.45) is 0.688. The number of phenols is 2. The Morgan fingerprint density at radius 2 is 2.07 bits per heavy atom. The van der Waals surface area contributed by atoms with Crippen molar-refractivity contribution in [3.8, 4) is 11.5 Å². The van der Waals surface area contributed by atoms with Gasteiger partial charge in [0.2, 0.25) is 0 Å². The van der Waals surface area contributed by atoms with Crippen molar-refractivity contribution in [2.75, 3.05) is 13.2 Å². The molecular formula is C11H16FNO2. The lowest BCUT2D eigenvalue weighted by molar-refractivity contribution is 0.402. The van der Waals surface area contributed by atoms with Crippen LogP contribution in [0.1, 0.15) is 12.5 Å². The predicted molar refractivity (Wildman–Crippen MR) is 56.9 cm³/mol. The quantitative estimate of drug-likeness (QED) is 0.651. The monoisotopic (exact) mass is 213 g/mol. The Labute approximate surface area is 88.6 Å². The van der Waals surface area contributed by atoms with E-state index >= 15 is 0 Å². The van der Waals surface area contributed by atoms with Crippen molar-refractivity contribution < 1.29 is 14.6 Å². The summed E-state index contributed by atoms with van der Waals surface area (Å²) in [5.74, 6) is -0.242. The highest BCUT2D eigenvalue weighted by molar-refractivity contribution is 5.40. The summed E-state index contributed by atoms with van der Waals surface area (Å²) >= 11 is 0. The van der Waals surface area contributed by atoms with Crippen LogP contribution in [0.5, 0.6) is 11.5 Å². The van der Waals surface area contributed by atoms with Crippen molar-refractivity contribution >= 4 is 0 Å². The van der Waals surface area contributed by atoms with Crippen LogP contribution in [0.15, 0.2) is 18.2 Å². The van der Waals surface area contributed by atoms with Gasteiger partial charge in [0, 0.05) is 12.6 Å². The third-order valence-corrected chi connectivity index (χ3v) is 2.17. The molecule has 1 unspecified atom stereocenters. The molecule has 4 heteroatoms. The predicted octanol–water partition coefficient (Wildman–Crippen LogP) is 1.59. The topological polar surface area (TPSA) is 52.5 Å². The molecule has 0 spiro atoms. The number of hydrogen-bond acceptors (Lipinski definition) is 3. The second-order valence-electron chi connectivity index (χ2n) is 3.57. The van der Waals surface area contributed by atoms with Crippen LogP contribution in [-0.2, 0) is 6.42 Å². The van der Waals surface area contributed by atoms with Gasteiger partial charge in [0.25, 0.3) is 0 Å². The van der Waals surface area contributed by atoms with E-state index in [0.29, 0.717) is 13.0 Å². The van der Waals surface area contributed by atoms with Crippen LogP contribution in [0.3, 0.4) is 0 Å². The number of hydrogen-bond donors (Lipinski definition) is 3. The van der Waals surface area contributed by atoms with E-state index in [1.165, 1.54) is 12.1 Å². The van der Waals surface area contributed by atoms with E-state index in [1.54, 1.807) is 6.07 Å². The van der Waals surface area contributed by atoms with Gasteiger partial charge in [-0.1, -0.05) is 6.07 Å². The van der Waals surface area contributed by atoms with Crippen LogP contribution >= 0.6 is 0 Å². The summed E-state index contributed by atoms with van der Waals surface area (Å²) < 4.78 is 11.9. The third-order valence-electron chi connectivity index (χ3n) is 2.17. The molecule has 15 heavy (non-hydrogen) atoms. The highest BCUT2D eigenvalue weighted by Crippen LogP contribution is 2.25. The van der Waals surface area contributed by atoms with Crippen molar-refractivity contribution in [3.05, 3.63) is 23.8 Å². The van der Waals surface area contributed by atoms with Crippen molar-refractivity contribution in [1.82, 2.24) is 5.32 Å². The molecule has 0 heterocycles. The molecule has 1 aromatic rings. The Balaban J connectivity index is 2.53. The Morgan fingerprint density at radius 3 is 2.67 bits per heavy atom. The van der Waals surface area contributed by atoms with Crippen LogP contribution in [0.25, 0.3) is 0 Å². The molecule has 0 aliphatic heterocycles. The van der Waals surface area contributed by atoms with Gasteiger partial charge in [-0.15, -0.1) is 0 Å². The molecule has 0 bridgehead atoms. The highest BCUT2D eigenvalue weighted by Gasteiger charge is 2.05. The fourth-order valence-corrected chi connectivity index (χ4v) is 1.42. The molecule has 84 valence electrons. The molecule has 0 saturated carbocycles. The van der Waals surface area contributed by atoms with Gasteiger partial charge in [0.15, 0.2) is 11.5 Å². The Hall–Kier alpha value is -1.29. The maximum atomic E-state index is 11.9. The van der Waals surface area contributed by atoms with Crippen molar-refractivity contribution in [1.29, 1.82) is 0 Å². The van der Waals surface area contributed by atoms with Crippen LogP contribution in [0.2, 0.25) is 0 Å². The maximum Gasteiger partial charge on any atom is 0.157 e. The zero-order valence-electron chi connectivity index (χ0n) is 8.70. The molecule has 0 aliphatic rings. The molecule has 1 atom stereocenters. The molecule has 3 nitrogen and oxygen atoms in total. The normalized spacial score (nSPS) is 12.7. The van der Waals surface area contributed by atoms with E-state index in [2.05, 4.69) is 5.32 Å². The van der Waals surface area contributed by atoms with E-state index in [0.717, 1.165) is 5.56 Å². The van der Waals surface area contributed by atoms with E-state index in [4.69, 9.17) is 5.11 Å². The lowest BCUT2D eigenvalue weighted by Gasteiger charge is -2.12. The van der Waals surface area contributed by atoms with Crippen molar-refractivity contribution in [3.63, 3.8) is 0 Å². The molecule has 3 N–H and O–H groups in total. The standard InChI is InChI=1S/C11H16FNO2/c1-8(13-5-4-12)6-9-2-3-10(14)11(15)7-9/h2-3,7-8,13-15H,4-6H2,1H3. The molecule has 0 fully saturated rings. The molecular weight excluding hydrogens is 197 g/mol. The summed E-state index contributed by atoms with van der Waals surface area (Å²) in [4.78, 5) is 0. The molecule has 0 amide bonds. The van der Waals surface area contributed by atoms with Gasteiger partial charge in [0.1, 0.15) is 6.67 Å². The fourth-order valence-electron chi connectivity index (χ4n) is 1.42. The summed E-state index contributed by atoms with van der Waals surface area (Å²) in [5, 5.41) is 21.4. The smallest absolute Gasteiger partial charge is 0.157 e. The largest absolute Gasteiger partial charge is 0.504 e. The number of rotatable bonds is 5. The first-order valence-corrected chi connectivity index (χ1v) is 4.93. The minimum Gasteiger partial charge on any atom is -0.504 e. The van der Waals surface area contributed by atoms with Crippen molar-refractivity contribution in [2.45, 2.75) is 19.4 Å². The molecule has 0 radical (unpaired) electrons. The van der Waals surface area contributed by atoms with Crippen molar-refractivity contribution in [2.24, 2.45) is 0 Å². The van der Waals surface area contributed by atoms with Crippen LogP contribution in [0, 0.1) is 0 Å². The van der Waals surface area contributed by atoms with Gasteiger partial charge >= 0.3 is 0 Å². The second kappa shape index (κ2) is 5.56. The van der Waals surface area contributed by atoms with Gasteiger partial charge in [-0.25, -0.2) is 4.39 Å². The van der Waals surface area contributed by atoms with E-state index < -0.39 is 0 Å². The maximum absolute atomic E-state index is 11.9. The van der Waals surface area contributed by atoms with Gasteiger partial charge in [-0.05, 0) is 31.0 Å². The molecule has 0 aromatic heterocycles. The summed E-state index contributed by atoms with van der Waals surface area (Å²) in [6.45, 7) is 1.90. The summed E-state index contributed by atoms with van der Waals surface area (Å²) in [7, 11) is 0. The van der Waals surface area contributed by atoms with Gasteiger partial charge < -0.3 is 15.5 Å². The molecule has 0 saturated heterocycles. The first kappa shape index (κ1) is 11.8. The summed E-state index contributed by atoms with van der Waals surface area (Å²) in [5.41, 5.74) is 0.907. The fraction of sp³-hybridized carbons (Fsp3) is 0.455. The lowest BCUT2D eigenvalue weighted by atomic mass is 10.1. The minimum atomic E-state index is -0.384. The van der Waals surface area contributed by atoms with Gasteiger partial charge in [-0.3, -0.25) is 0 Å². The Morgan fingerprint density at radius 1 is 1.33 bits per heavy atom. The van der Waals surface area contributed by atoms with Crippen LogP contribution in [-0.4, -0.2) is 29.5 Å². The van der Waals surface area contributed by atoms with Crippen LogP contribution in [0.4, 0.5) is 4.39 Å². The number of nitrogens with one attached hydrogen (secondary N) is 1. The summed E-state index contributed by atoms with van der Waals surface area (Å²) in [6, 6.07) is 4.85. The average molecular weight is 213 g/mol. The number of benzene rings is 1. The zero-order chi connectivity index (χ0) is 11.3. The zero-order valence-corrected chi connectivity index (χ0v) is 8.70. The number of halogens is 1. The molecule has 0 aliphatic carbocycles. The lowest BCUT2D eigenvalue weighted by Crippen LogP contribution is -2.29. The Kier molecular flexibility index (Phi) is 4.37. The number of phenolic OH excluding ortho intramolecular Hbond substituents is 2. The molecule has 1 rings (SSSR count). The molecule has 1 aromatic carbocycles. The highest BCUT2D eigenvalue weighted by atomic mass is 19.1.